The Morgan fingerprint density at radius 1 is 0.972 bits per heavy atom. The summed E-state index contributed by atoms with van der Waals surface area (Å²) in [6, 6.07) is 28.4. The van der Waals surface area contributed by atoms with Crippen molar-refractivity contribution in [3.05, 3.63) is 109 Å². The van der Waals surface area contributed by atoms with Crippen LogP contribution < -0.4 is 4.90 Å². The number of para-hydroxylation sites is 3. The van der Waals surface area contributed by atoms with Gasteiger partial charge in [-0.1, -0.05) is 54.6 Å². The van der Waals surface area contributed by atoms with Crippen molar-refractivity contribution in [1.29, 1.82) is 0 Å². The molecule has 36 heavy (non-hydrogen) atoms. The predicted octanol–water partition coefficient (Wildman–Crippen LogP) is 5.50. The molecule has 0 radical (unpaired) electrons. The van der Waals surface area contributed by atoms with Crippen molar-refractivity contribution < 1.29 is 18.7 Å². The fraction of sp³-hybridized carbons (Fsp3) is 0.0690. The lowest BCUT2D eigenvalue weighted by molar-refractivity contribution is -0.142. The number of fused-ring (bicyclic) bond motifs is 1. The van der Waals surface area contributed by atoms with Crippen LogP contribution in [-0.4, -0.2) is 35.3 Å². The fourth-order valence-electron chi connectivity index (χ4n) is 3.74. The summed E-state index contributed by atoms with van der Waals surface area (Å²) in [6.07, 6.45) is 4.72. The summed E-state index contributed by atoms with van der Waals surface area (Å²) in [5, 5.41) is 5.67. The average Bonchev–Trinajstić information content (AvgIpc) is 3.55. The Kier molecular flexibility index (Phi) is 6.44. The Labute approximate surface area is 207 Å². The summed E-state index contributed by atoms with van der Waals surface area (Å²) in [4.78, 5) is 26.3. The number of anilines is 1. The van der Waals surface area contributed by atoms with E-state index in [1.165, 1.54) is 11.0 Å². The molecule has 3 aromatic carbocycles. The van der Waals surface area contributed by atoms with Crippen LogP contribution in [0.4, 0.5) is 5.69 Å². The van der Waals surface area contributed by atoms with Gasteiger partial charge < -0.3 is 14.1 Å². The zero-order valence-electron chi connectivity index (χ0n) is 19.6. The van der Waals surface area contributed by atoms with Crippen LogP contribution in [0.2, 0.25) is 0 Å². The van der Waals surface area contributed by atoms with E-state index in [1.807, 2.05) is 97.2 Å². The van der Waals surface area contributed by atoms with Crippen LogP contribution in [0.3, 0.4) is 0 Å². The highest BCUT2D eigenvalue weighted by atomic mass is 16.5. The monoisotopic (exact) mass is 477 g/mol. The van der Waals surface area contributed by atoms with E-state index in [9.17, 15) is 9.59 Å². The van der Waals surface area contributed by atoms with Crippen molar-refractivity contribution in [3.8, 4) is 17.1 Å². The molecule has 0 atom stereocenters. The van der Waals surface area contributed by atoms with E-state index >= 15 is 0 Å². The molecule has 0 saturated carbocycles. The van der Waals surface area contributed by atoms with Gasteiger partial charge in [0.05, 0.1) is 5.69 Å². The Morgan fingerprint density at radius 3 is 2.42 bits per heavy atom. The summed E-state index contributed by atoms with van der Waals surface area (Å²) in [5.41, 5.74) is 3.59. The first-order valence-corrected chi connectivity index (χ1v) is 11.4. The predicted molar refractivity (Wildman–Crippen MR) is 139 cm³/mol. The lowest BCUT2D eigenvalue weighted by atomic mass is 10.2. The maximum atomic E-state index is 12.4. The number of carbonyl (C=O) groups excluding carboxylic acids is 2. The van der Waals surface area contributed by atoms with Crippen LogP contribution >= 0.6 is 0 Å². The van der Waals surface area contributed by atoms with Gasteiger partial charge in [-0.15, -0.1) is 0 Å². The van der Waals surface area contributed by atoms with Gasteiger partial charge in [0.1, 0.15) is 11.3 Å². The molecule has 178 valence electrons. The van der Waals surface area contributed by atoms with E-state index < -0.39 is 5.97 Å². The Morgan fingerprint density at radius 2 is 1.67 bits per heavy atom. The van der Waals surface area contributed by atoms with Gasteiger partial charge in [-0.2, -0.15) is 5.10 Å². The number of nitrogens with zero attached hydrogens (tertiary/aromatic N) is 3. The number of hydrogen-bond acceptors (Lipinski definition) is 5. The van der Waals surface area contributed by atoms with E-state index in [0.717, 1.165) is 22.3 Å². The highest BCUT2D eigenvalue weighted by Crippen LogP contribution is 2.30. The highest BCUT2D eigenvalue weighted by molar-refractivity contribution is 5.96. The smallest absolute Gasteiger partial charge is 0.331 e. The third-order valence-electron chi connectivity index (χ3n) is 5.68. The maximum Gasteiger partial charge on any atom is 0.331 e. The van der Waals surface area contributed by atoms with Gasteiger partial charge >= 0.3 is 5.97 Å². The largest absolute Gasteiger partial charge is 0.454 e. The van der Waals surface area contributed by atoms with Gasteiger partial charge in [-0.25, -0.2) is 9.48 Å². The Bertz CT molecular complexity index is 1500. The summed E-state index contributed by atoms with van der Waals surface area (Å²) in [5.74, 6) is -0.380. The molecule has 7 nitrogen and oxygen atoms in total. The minimum Gasteiger partial charge on any atom is -0.454 e. The van der Waals surface area contributed by atoms with Gasteiger partial charge in [0.2, 0.25) is 0 Å². The lowest BCUT2D eigenvalue weighted by Crippen LogP contribution is -2.30. The van der Waals surface area contributed by atoms with E-state index in [1.54, 1.807) is 17.8 Å². The molecule has 0 fully saturated rings. The first-order chi connectivity index (χ1) is 17.6. The van der Waals surface area contributed by atoms with Gasteiger partial charge in [0.15, 0.2) is 12.4 Å². The van der Waals surface area contributed by atoms with Crippen molar-refractivity contribution >= 4 is 34.6 Å². The quantitative estimate of drug-likeness (QED) is 0.228. The molecule has 2 heterocycles. The molecule has 0 spiro atoms. The van der Waals surface area contributed by atoms with Crippen LogP contribution in [0.1, 0.15) is 5.56 Å². The molecule has 7 heteroatoms. The highest BCUT2D eigenvalue weighted by Gasteiger charge is 2.16. The molecule has 5 rings (SSSR count). The van der Waals surface area contributed by atoms with Crippen LogP contribution in [0.15, 0.2) is 108 Å². The number of benzene rings is 3. The molecular formula is C29H23N3O4. The second-order valence-corrected chi connectivity index (χ2v) is 8.09. The van der Waals surface area contributed by atoms with E-state index in [2.05, 4.69) is 0 Å². The molecule has 2 aromatic heterocycles. The van der Waals surface area contributed by atoms with Crippen molar-refractivity contribution in [2.24, 2.45) is 0 Å². The second kappa shape index (κ2) is 10.1. The van der Waals surface area contributed by atoms with Gasteiger partial charge in [0, 0.05) is 36.0 Å². The molecule has 0 bridgehead atoms. The third kappa shape index (κ3) is 4.95. The number of aromatic nitrogens is 2. The van der Waals surface area contributed by atoms with Crippen molar-refractivity contribution in [2.45, 2.75) is 0 Å². The lowest BCUT2D eigenvalue weighted by Gasteiger charge is -2.16. The Balaban J connectivity index is 1.36. The number of furan rings is 1. The first kappa shape index (κ1) is 22.9. The topological polar surface area (TPSA) is 77.6 Å². The fourth-order valence-corrected chi connectivity index (χ4v) is 3.74. The molecule has 1 amide bonds. The van der Waals surface area contributed by atoms with E-state index in [4.69, 9.17) is 14.3 Å². The molecule has 0 aliphatic rings. The first-order valence-electron chi connectivity index (χ1n) is 11.4. The molecule has 0 unspecified atom stereocenters. The standard InChI is InChI=1S/C29H23N3O4/c1-31(23-11-4-2-5-12-23)27(33)20-35-28(34)17-16-22-19-32(24-13-6-3-7-14-24)30-29(22)26-18-21-10-8-9-15-25(21)36-26/h2-19H,20H2,1H3. The van der Waals surface area contributed by atoms with Gasteiger partial charge in [-0.05, 0) is 42.5 Å². The van der Waals surface area contributed by atoms with Crippen LogP contribution in [-0.2, 0) is 14.3 Å². The molecule has 5 aromatic rings. The van der Waals surface area contributed by atoms with Gasteiger partial charge in [-0.3, -0.25) is 4.79 Å². The normalized spacial score (nSPS) is 11.1. The number of ether oxygens (including phenoxy) is 1. The minimum atomic E-state index is -0.632. The van der Waals surface area contributed by atoms with E-state index in [-0.39, 0.29) is 12.5 Å². The molecule has 0 N–H and O–H groups in total. The Hall–Kier alpha value is -4.91. The number of esters is 1. The average molecular weight is 478 g/mol. The number of rotatable bonds is 7. The van der Waals surface area contributed by atoms with Crippen molar-refractivity contribution in [3.63, 3.8) is 0 Å². The summed E-state index contributed by atoms with van der Waals surface area (Å²) in [6.45, 7) is -0.367. The van der Waals surface area contributed by atoms with Crippen molar-refractivity contribution in [2.75, 3.05) is 18.6 Å². The molecular weight excluding hydrogens is 454 g/mol. The molecule has 0 aliphatic carbocycles. The van der Waals surface area contributed by atoms with Crippen LogP contribution in [0.25, 0.3) is 34.2 Å². The third-order valence-corrected chi connectivity index (χ3v) is 5.68. The van der Waals surface area contributed by atoms with Crippen molar-refractivity contribution in [1.82, 2.24) is 9.78 Å². The van der Waals surface area contributed by atoms with Gasteiger partial charge in [0.25, 0.3) is 5.91 Å². The van der Waals surface area contributed by atoms with Crippen LogP contribution in [0, 0.1) is 0 Å². The zero-order valence-corrected chi connectivity index (χ0v) is 19.6. The second-order valence-electron chi connectivity index (χ2n) is 8.09. The minimum absolute atomic E-state index is 0.331. The molecule has 0 saturated heterocycles. The summed E-state index contributed by atoms with van der Waals surface area (Å²) in [7, 11) is 1.64. The molecule has 0 aliphatic heterocycles. The SMILES string of the molecule is CN(C(=O)COC(=O)C=Cc1cn(-c2ccccc2)nc1-c1cc2ccccc2o1)c1ccccc1. The summed E-state index contributed by atoms with van der Waals surface area (Å²) < 4.78 is 12.9. The number of hydrogen-bond donors (Lipinski definition) is 0. The number of likely N-dealkylation sites (N-methyl/N-ethyl adjacent to an activating group) is 1. The summed E-state index contributed by atoms with van der Waals surface area (Å²) >= 11 is 0. The number of carbonyl (C=O) groups is 2. The van der Waals surface area contributed by atoms with Crippen LogP contribution in [0.5, 0.6) is 0 Å². The maximum absolute atomic E-state index is 12.4. The zero-order chi connectivity index (χ0) is 24.9. The number of amides is 1. The van der Waals surface area contributed by atoms with E-state index in [0.29, 0.717) is 17.0 Å².